The molecule has 0 saturated heterocycles. The molecular weight excluding hydrogens is 721 g/mol. The minimum Gasteiger partial charge on any atom is -0.462 e. The molecule has 322 valence electrons. The van der Waals surface area contributed by atoms with E-state index in [-0.39, 0.29) is 24.3 Å². The van der Waals surface area contributed by atoms with Gasteiger partial charge in [0.25, 0.3) is 10.1 Å². The van der Waals surface area contributed by atoms with Crippen molar-refractivity contribution in [3.8, 4) is 0 Å². The van der Waals surface area contributed by atoms with Gasteiger partial charge < -0.3 is 9.47 Å². The van der Waals surface area contributed by atoms with Crippen LogP contribution in [0.4, 0.5) is 0 Å². The Kier molecular flexibility index (Phi) is 33.9. The molecule has 7 nitrogen and oxygen atoms in total. The third-order valence-electron chi connectivity index (χ3n) is 10.5. The molecule has 1 aromatic rings. The van der Waals surface area contributed by atoms with Crippen molar-refractivity contribution in [2.24, 2.45) is 0 Å². The van der Waals surface area contributed by atoms with Crippen molar-refractivity contribution >= 4 is 22.1 Å². The molecule has 1 rings (SSSR count). The van der Waals surface area contributed by atoms with E-state index in [9.17, 15) is 22.6 Å². The van der Waals surface area contributed by atoms with E-state index in [1.54, 1.807) is 0 Å². The molecule has 0 saturated carbocycles. The molecule has 0 heterocycles. The predicted molar refractivity (Wildman–Crippen MR) is 234 cm³/mol. The van der Waals surface area contributed by atoms with Crippen LogP contribution in [0.25, 0.3) is 0 Å². The highest BCUT2D eigenvalue weighted by molar-refractivity contribution is 7.85. The fraction of sp³-hybridized carbons (Fsp3) is 0.750. The molecule has 0 amide bonds. The van der Waals surface area contributed by atoms with Crippen LogP contribution in [-0.4, -0.2) is 38.1 Å². The van der Waals surface area contributed by atoms with Crippen LogP contribution < -0.4 is 0 Å². The maximum atomic E-state index is 12.9. The Bertz CT molecular complexity index is 1270. The van der Waals surface area contributed by atoms with Crippen molar-refractivity contribution in [2.75, 3.05) is 13.2 Å². The summed E-state index contributed by atoms with van der Waals surface area (Å²) in [6, 6.07) is 3.25. The Hall–Kier alpha value is -2.45. The summed E-state index contributed by atoms with van der Waals surface area (Å²) >= 11 is 0. The molecule has 1 aromatic carbocycles. The summed E-state index contributed by atoms with van der Waals surface area (Å²) in [6.45, 7) is 4.82. The molecule has 0 aliphatic heterocycles. The third-order valence-corrected chi connectivity index (χ3v) is 11.4. The maximum absolute atomic E-state index is 12.9. The van der Waals surface area contributed by atoms with E-state index >= 15 is 0 Å². The first-order valence-electron chi connectivity index (χ1n) is 23.1. The van der Waals surface area contributed by atoms with Crippen LogP contribution in [0.5, 0.6) is 0 Å². The van der Waals surface area contributed by atoms with Crippen LogP contribution in [0.1, 0.15) is 240 Å². The standard InChI is InChI=1S/C48H82O7S/c1-3-5-7-9-11-13-15-17-19-21-23-25-27-29-31-33-35-37-41-54-47(49)45-40-39-44(56(51,52)53)43-46(45)48(50)55-42-38-36-34-32-30-28-26-24-22-20-18-16-14-12-10-8-6-4-2/h31-34,39-40,43H,3-30,35-38,41-42H2,1-2H3,(H,51,52,53)/b33-31+,34-32+. The number of allylic oxidation sites excluding steroid dienone is 4. The zero-order valence-corrected chi connectivity index (χ0v) is 36.7. The van der Waals surface area contributed by atoms with Crippen molar-refractivity contribution in [3.05, 3.63) is 53.6 Å². The summed E-state index contributed by atoms with van der Waals surface area (Å²) in [5.74, 6) is -1.56. The second-order valence-electron chi connectivity index (χ2n) is 15.7. The number of carbonyl (C=O) groups is 2. The number of benzene rings is 1. The van der Waals surface area contributed by atoms with Gasteiger partial charge in [0.1, 0.15) is 0 Å². The fourth-order valence-electron chi connectivity index (χ4n) is 6.95. The third kappa shape index (κ3) is 29.7. The summed E-state index contributed by atoms with van der Waals surface area (Å²) < 4.78 is 43.9. The highest BCUT2D eigenvalue weighted by atomic mass is 32.2. The predicted octanol–water partition coefficient (Wildman–Crippen LogP) is 14.9. The van der Waals surface area contributed by atoms with Crippen molar-refractivity contribution in [1.82, 2.24) is 0 Å². The van der Waals surface area contributed by atoms with Crippen molar-refractivity contribution < 1.29 is 32.0 Å². The first-order chi connectivity index (χ1) is 27.3. The number of ether oxygens (including phenoxy) is 2. The van der Waals surface area contributed by atoms with Crippen LogP contribution in [0.3, 0.4) is 0 Å². The molecule has 0 aliphatic carbocycles. The summed E-state index contributed by atoms with van der Waals surface area (Å²) in [4.78, 5) is 25.4. The van der Waals surface area contributed by atoms with Gasteiger partial charge in [-0.2, -0.15) is 8.42 Å². The molecule has 0 fully saturated rings. The first kappa shape index (κ1) is 51.6. The molecule has 0 atom stereocenters. The van der Waals surface area contributed by atoms with Crippen LogP contribution in [-0.2, 0) is 19.6 Å². The van der Waals surface area contributed by atoms with Gasteiger partial charge in [0.15, 0.2) is 0 Å². The Balaban J connectivity index is 2.23. The SMILES string of the molecule is CCCCCCCCCCCCCCC/C=C/CCCOC(=O)c1ccc(S(=O)(=O)O)cc1C(=O)OCCC/C=C/CCCCCCCCCCCCCCC. The second kappa shape index (κ2) is 36.9. The van der Waals surface area contributed by atoms with Gasteiger partial charge in [-0.1, -0.05) is 192 Å². The molecule has 8 heteroatoms. The van der Waals surface area contributed by atoms with Gasteiger partial charge in [0.2, 0.25) is 0 Å². The Morgan fingerprint density at radius 3 is 1.11 bits per heavy atom. The van der Waals surface area contributed by atoms with Crippen LogP contribution in [0.2, 0.25) is 0 Å². The normalized spacial score (nSPS) is 11.9. The van der Waals surface area contributed by atoms with Gasteiger partial charge >= 0.3 is 11.9 Å². The van der Waals surface area contributed by atoms with Crippen LogP contribution in [0, 0.1) is 0 Å². The molecule has 0 aliphatic rings. The van der Waals surface area contributed by atoms with E-state index < -0.39 is 27.0 Å². The minimum atomic E-state index is -4.58. The second-order valence-corrected chi connectivity index (χ2v) is 17.2. The van der Waals surface area contributed by atoms with Gasteiger partial charge in [0, 0.05) is 0 Å². The minimum absolute atomic E-state index is 0.0851. The lowest BCUT2D eigenvalue weighted by Crippen LogP contribution is -2.16. The van der Waals surface area contributed by atoms with Crippen LogP contribution >= 0.6 is 0 Å². The molecule has 0 spiro atoms. The van der Waals surface area contributed by atoms with Gasteiger partial charge in [0.05, 0.1) is 29.2 Å². The lowest BCUT2D eigenvalue weighted by atomic mass is 10.0. The zero-order valence-electron chi connectivity index (χ0n) is 35.9. The first-order valence-corrected chi connectivity index (χ1v) is 24.5. The van der Waals surface area contributed by atoms with Gasteiger partial charge in [-0.25, -0.2) is 9.59 Å². The van der Waals surface area contributed by atoms with Crippen molar-refractivity contribution in [2.45, 2.75) is 224 Å². The molecule has 1 N–H and O–H groups in total. The molecule has 56 heavy (non-hydrogen) atoms. The lowest BCUT2D eigenvalue weighted by molar-refractivity contribution is 0.0453. The van der Waals surface area contributed by atoms with E-state index in [1.165, 1.54) is 173 Å². The summed E-state index contributed by atoms with van der Waals surface area (Å²) in [7, 11) is -4.58. The highest BCUT2D eigenvalue weighted by Gasteiger charge is 2.23. The van der Waals surface area contributed by atoms with Gasteiger partial charge in [-0.15, -0.1) is 0 Å². The lowest BCUT2D eigenvalue weighted by Gasteiger charge is -2.11. The van der Waals surface area contributed by atoms with Gasteiger partial charge in [-0.3, -0.25) is 4.55 Å². The number of unbranched alkanes of at least 4 members (excludes halogenated alkanes) is 28. The number of carbonyl (C=O) groups excluding carboxylic acids is 2. The van der Waals surface area contributed by atoms with Crippen LogP contribution in [0.15, 0.2) is 47.4 Å². The molecule has 0 unspecified atom stereocenters. The molecule has 0 radical (unpaired) electrons. The average Bonchev–Trinajstić information content (AvgIpc) is 3.18. The van der Waals surface area contributed by atoms with E-state index in [0.717, 1.165) is 37.8 Å². The summed E-state index contributed by atoms with van der Waals surface area (Å²) in [5.41, 5.74) is -0.321. The van der Waals surface area contributed by atoms with E-state index in [1.807, 2.05) is 0 Å². The topological polar surface area (TPSA) is 107 Å². The largest absolute Gasteiger partial charge is 0.462 e. The van der Waals surface area contributed by atoms with Crippen molar-refractivity contribution in [3.63, 3.8) is 0 Å². The van der Waals surface area contributed by atoms with E-state index in [0.29, 0.717) is 12.8 Å². The number of hydrogen-bond acceptors (Lipinski definition) is 6. The highest BCUT2D eigenvalue weighted by Crippen LogP contribution is 2.20. The van der Waals surface area contributed by atoms with E-state index in [2.05, 4.69) is 38.2 Å². The van der Waals surface area contributed by atoms with E-state index in [4.69, 9.17) is 9.47 Å². The average molecular weight is 803 g/mol. The Labute approximate surface area is 344 Å². The number of hydrogen-bond donors (Lipinski definition) is 1. The molecular formula is C48H82O7S. The quantitative estimate of drug-likeness (QED) is 0.0306. The van der Waals surface area contributed by atoms with Crippen molar-refractivity contribution in [1.29, 1.82) is 0 Å². The van der Waals surface area contributed by atoms with Gasteiger partial charge in [-0.05, 0) is 69.6 Å². The number of esters is 2. The Morgan fingerprint density at radius 1 is 0.464 bits per heavy atom. The molecule has 0 aromatic heterocycles. The molecule has 0 bridgehead atoms. The number of rotatable bonds is 39. The summed E-state index contributed by atoms with van der Waals surface area (Å²) in [5, 5.41) is 0. The monoisotopic (exact) mass is 803 g/mol. The smallest absolute Gasteiger partial charge is 0.339 e. The zero-order chi connectivity index (χ0) is 40.8. The maximum Gasteiger partial charge on any atom is 0.339 e. The Morgan fingerprint density at radius 2 is 0.768 bits per heavy atom. The summed E-state index contributed by atoms with van der Waals surface area (Å²) in [6.07, 6.45) is 48.4. The fourth-order valence-corrected chi connectivity index (χ4v) is 7.46.